The van der Waals surface area contributed by atoms with E-state index in [4.69, 9.17) is 4.74 Å². The number of nitrogens with one attached hydrogen (secondary N) is 3. The van der Waals surface area contributed by atoms with Gasteiger partial charge in [0, 0.05) is 49.5 Å². The zero-order chi connectivity index (χ0) is 35.3. The molecule has 0 unspecified atom stereocenters. The van der Waals surface area contributed by atoms with Crippen molar-refractivity contribution in [3.05, 3.63) is 95.2 Å². The number of amides is 2. The summed E-state index contributed by atoms with van der Waals surface area (Å²) in [5.74, 6) is -0.662. The number of carbonyl (C=O) groups excluding carboxylic acids is 2. The number of halogens is 1. The molecule has 10 nitrogen and oxygen atoms in total. The lowest BCUT2D eigenvalue weighted by atomic mass is 9.91. The number of aryl methyl sites for hydroxylation is 3. The predicted molar refractivity (Wildman–Crippen MR) is 194 cm³/mol. The van der Waals surface area contributed by atoms with Gasteiger partial charge in [0.15, 0.2) is 0 Å². The second-order valence-electron chi connectivity index (χ2n) is 14.5. The Morgan fingerprint density at radius 2 is 1.65 bits per heavy atom. The van der Waals surface area contributed by atoms with Crippen LogP contribution < -0.4 is 20.7 Å². The lowest BCUT2D eigenvalue weighted by molar-refractivity contribution is 0.0887. The molecule has 0 spiro atoms. The first-order valence-corrected chi connectivity index (χ1v) is 18.5. The van der Waals surface area contributed by atoms with Gasteiger partial charge in [-0.25, -0.2) is 9.37 Å². The highest BCUT2D eigenvalue weighted by atomic mass is 19.1. The van der Waals surface area contributed by atoms with Crippen LogP contribution in [0.25, 0.3) is 11.1 Å². The number of benzene rings is 2. The summed E-state index contributed by atoms with van der Waals surface area (Å²) in [6.07, 6.45) is 8.04. The molecular weight excluding hydrogens is 645 g/mol. The van der Waals surface area contributed by atoms with Crippen molar-refractivity contribution in [2.24, 2.45) is 0 Å². The second kappa shape index (κ2) is 15.7. The van der Waals surface area contributed by atoms with Crippen molar-refractivity contribution >= 4 is 11.8 Å². The highest BCUT2D eigenvalue weighted by molar-refractivity contribution is 5.96. The van der Waals surface area contributed by atoms with Gasteiger partial charge in [0.1, 0.15) is 22.8 Å². The normalized spacial score (nSPS) is 21.9. The van der Waals surface area contributed by atoms with Crippen LogP contribution in [0.2, 0.25) is 0 Å². The van der Waals surface area contributed by atoms with E-state index in [1.54, 1.807) is 6.07 Å². The van der Waals surface area contributed by atoms with E-state index in [9.17, 15) is 14.0 Å². The minimum atomic E-state index is -0.616. The maximum absolute atomic E-state index is 14.4. The predicted octanol–water partition coefficient (Wildman–Crippen LogP) is 5.91. The fraction of sp³-hybridized carbons (Fsp3) is 0.450. The Kier molecular flexibility index (Phi) is 10.7. The summed E-state index contributed by atoms with van der Waals surface area (Å²) in [7, 11) is 0. The molecule has 2 fully saturated rings. The molecule has 1 saturated carbocycles. The van der Waals surface area contributed by atoms with Crippen molar-refractivity contribution in [3.8, 4) is 22.8 Å². The van der Waals surface area contributed by atoms with E-state index in [1.165, 1.54) is 5.56 Å². The minimum absolute atomic E-state index is 0.0100. The van der Waals surface area contributed by atoms with Gasteiger partial charge in [0.2, 0.25) is 5.88 Å². The molecule has 7 rings (SSSR count). The average molecular weight is 694 g/mol. The summed E-state index contributed by atoms with van der Waals surface area (Å²) in [5, 5.41) is 14.2. The first-order valence-electron chi connectivity index (χ1n) is 18.5. The van der Waals surface area contributed by atoms with Crippen molar-refractivity contribution in [2.45, 2.75) is 95.9 Å². The molecule has 11 heteroatoms. The smallest absolute Gasteiger partial charge is 0.272 e. The van der Waals surface area contributed by atoms with Gasteiger partial charge in [-0.1, -0.05) is 36.4 Å². The Morgan fingerprint density at radius 3 is 2.37 bits per heavy atom. The summed E-state index contributed by atoms with van der Waals surface area (Å²) < 4.78 is 22.4. The van der Waals surface area contributed by atoms with Crippen LogP contribution in [0.15, 0.2) is 66.9 Å². The van der Waals surface area contributed by atoms with Crippen molar-refractivity contribution < 1.29 is 18.7 Å². The highest BCUT2D eigenvalue weighted by Crippen LogP contribution is 2.30. The molecule has 3 N–H and O–H groups in total. The van der Waals surface area contributed by atoms with Gasteiger partial charge in [-0.05, 0) is 113 Å². The number of hydrogen-bond acceptors (Lipinski definition) is 7. The molecule has 0 radical (unpaired) electrons. The summed E-state index contributed by atoms with van der Waals surface area (Å²) in [6.45, 7) is 8.65. The van der Waals surface area contributed by atoms with Crippen molar-refractivity contribution in [1.82, 2.24) is 35.6 Å². The van der Waals surface area contributed by atoms with Crippen LogP contribution in [0.3, 0.4) is 0 Å². The summed E-state index contributed by atoms with van der Waals surface area (Å²) in [6, 6.07) is 20.2. The summed E-state index contributed by atoms with van der Waals surface area (Å²) >= 11 is 0. The first-order chi connectivity index (χ1) is 24.8. The van der Waals surface area contributed by atoms with Gasteiger partial charge in [-0.3, -0.25) is 14.3 Å². The van der Waals surface area contributed by atoms with Crippen LogP contribution in [0, 0.1) is 5.82 Å². The van der Waals surface area contributed by atoms with E-state index in [-0.39, 0.29) is 29.4 Å². The molecule has 2 aliphatic heterocycles. The van der Waals surface area contributed by atoms with E-state index < -0.39 is 11.7 Å². The number of rotatable bonds is 11. The topological polar surface area (TPSA) is 113 Å². The largest absolute Gasteiger partial charge is 0.438 e. The third-order valence-electron chi connectivity index (χ3n) is 10.3. The van der Waals surface area contributed by atoms with E-state index in [0.717, 1.165) is 93.8 Å². The second-order valence-corrected chi connectivity index (χ2v) is 14.5. The number of piperazine rings is 1. The molecule has 51 heavy (non-hydrogen) atoms. The van der Waals surface area contributed by atoms with E-state index in [0.29, 0.717) is 36.4 Å². The number of nitrogens with zero attached hydrogens (tertiary/aromatic N) is 4. The molecule has 0 bridgehead atoms. The van der Waals surface area contributed by atoms with Crippen LogP contribution in [0.4, 0.5) is 4.39 Å². The molecule has 3 aliphatic rings. The maximum Gasteiger partial charge on any atom is 0.272 e. The van der Waals surface area contributed by atoms with Crippen LogP contribution in [0.5, 0.6) is 11.6 Å². The Hall–Kier alpha value is -4.61. The van der Waals surface area contributed by atoms with E-state index in [2.05, 4.69) is 69.0 Å². The first kappa shape index (κ1) is 34.8. The molecule has 268 valence electrons. The van der Waals surface area contributed by atoms with Crippen molar-refractivity contribution in [3.63, 3.8) is 0 Å². The molecule has 2 atom stereocenters. The summed E-state index contributed by atoms with van der Waals surface area (Å²) in [4.78, 5) is 32.9. The quantitative estimate of drug-likeness (QED) is 0.179. The van der Waals surface area contributed by atoms with Crippen molar-refractivity contribution in [2.75, 3.05) is 19.6 Å². The third-order valence-corrected chi connectivity index (χ3v) is 10.3. The van der Waals surface area contributed by atoms with Crippen molar-refractivity contribution in [1.29, 1.82) is 0 Å². The number of hydrogen-bond donors (Lipinski definition) is 3. The molecule has 4 aromatic rings. The molecule has 1 aliphatic carbocycles. The Labute approximate surface area is 299 Å². The molecule has 2 amide bonds. The monoisotopic (exact) mass is 693 g/mol. The zero-order valence-corrected chi connectivity index (χ0v) is 29.5. The molecular formula is C40H48FN7O3. The van der Waals surface area contributed by atoms with Gasteiger partial charge in [-0.2, -0.15) is 5.10 Å². The molecule has 2 aromatic heterocycles. The Morgan fingerprint density at radius 1 is 0.922 bits per heavy atom. The average Bonchev–Trinajstić information content (AvgIpc) is 3.74. The maximum atomic E-state index is 14.4. The third kappa shape index (κ3) is 8.83. The number of aromatic nitrogens is 3. The summed E-state index contributed by atoms with van der Waals surface area (Å²) in [5.41, 5.74) is 4.95. The lowest BCUT2D eigenvalue weighted by Crippen LogP contribution is -2.54. The SMILES string of the molecule is C[C@@H]1CN(CCCc2ccc(-c3cccc(Oc4ncc(F)cc4C(=O)N[C@H]4CC[C@H](NC(=O)c5cc6n(n5)CCC6)CC4)c3)cc2)C[C@H](C)N1. The van der Waals surface area contributed by atoms with E-state index >= 15 is 0 Å². The van der Waals surface area contributed by atoms with Gasteiger partial charge in [0.05, 0.1) is 6.20 Å². The number of carbonyl (C=O) groups is 2. The number of pyridine rings is 1. The van der Waals surface area contributed by atoms with Gasteiger partial charge < -0.3 is 25.6 Å². The number of fused-ring (bicyclic) bond motifs is 1. The lowest BCUT2D eigenvalue weighted by Gasteiger charge is -2.36. The van der Waals surface area contributed by atoms with Crippen LogP contribution in [-0.2, 0) is 19.4 Å². The van der Waals surface area contributed by atoms with Gasteiger partial charge in [0.25, 0.3) is 11.8 Å². The molecule has 2 aromatic carbocycles. The minimum Gasteiger partial charge on any atom is -0.438 e. The van der Waals surface area contributed by atoms with Gasteiger partial charge >= 0.3 is 0 Å². The fourth-order valence-corrected chi connectivity index (χ4v) is 7.79. The van der Waals surface area contributed by atoms with Crippen LogP contribution >= 0.6 is 0 Å². The standard InChI is InChI=1S/C40H48FN7O3/c1-26-24-47(25-27(2)43-26)18-4-6-28-10-12-29(13-11-28)30-7-3-9-35(20-30)51-40-36(21-31(41)23-42-40)38(49)44-32-14-16-33(17-15-32)45-39(50)37-22-34-8-5-19-48(34)46-37/h3,7,9-13,20-23,26-27,32-33,43H,4-6,8,14-19,24-25H2,1-2H3,(H,44,49)(H,45,50)/t26-,27+,32-,33-. The van der Waals surface area contributed by atoms with E-state index in [1.807, 2.05) is 28.9 Å². The zero-order valence-electron chi connectivity index (χ0n) is 29.5. The Bertz CT molecular complexity index is 1800. The highest BCUT2D eigenvalue weighted by Gasteiger charge is 2.27. The van der Waals surface area contributed by atoms with Gasteiger partial charge in [-0.15, -0.1) is 0 Å². The Balaban J connectivity index is 0.919. The molecule has 4 heterocycles. The number of ether oxygens (including phenoxy) is 1. The fourth-order valence-electron chi connectivity index (χ4n) is 7.79. The molecule has 1 saturated heterocycles. The van der Waals surface area contributed by atoms with Crippen LogP contribution in [0.1, 0.15) is 84.5 Å². The van der Waals surface area contributed by atoms with Crippen LogP contribution in [-0.4, -0.2) is 75.3 Å².